The van der Waals surface area contributed by atoms with Gasteiger partial charge in [0.2, 0.25) is 11.8 Å². The van der Waals surface area contributed by atoms with Crippen LogP contribution in [0.1, 0.15) is 28.7 Å². The van der Waals surface area contributed by atoms with E-state index in [1.54, 1.807) is 35.4 Å². The van der Waals surface area contributed by atoms with Crippen molar-refractivity contribution in [3.05, 3.63) is 89.2 Å². The van der Waals surface area contributed by atoms with Crippen molar-refractivity contribution in [3.8, 4) is 6.07 Å². The standard InChI is InChI=1S/C26H22N4O2/c27-15-19-3-1-5-23(13-19)30-17-22(14-25(30)31)26(32)29-10-8-21-12-18(6-7-24(21)29)11-20-4-2-9-28-16-20/h1-7,9,12-13,16,22H,8,10-11,14,17H2/t22-/m0/s1. The zero-order valence-electron chi connectivity index (χ0n) is 17.6. The van der Waals surface area contributed by atoms with Crippen molar-refractivity contribution in [2.75, 3.05) is 22.9 Å². The van der Waals surface area contributed by atoms with E-state index in [4.69, 9.17) is 5.26 Å². The number of amides is 2. The quantitative estimate of drug-likeness (QED) is 0.645. The van der Waals surface area contributed by atoms with Crippen LogP contribution in [0.2, 0.25) is 0 Å². The predicted molar refractivity (Wildman–Crippen MR) is 121 cm³/mol. The summed E-state index contributed by atoms with van der Waals surface area (Å²) in [6.07, 6.45) is 5.46. The van der Waals surface area contributed by atoms with Crippen LogP contribution in [-0.4, -0.2) is 29.9 Å². The number of fused-ring (bicyclic) bond motifs is 1. The van der Waals surface area contributed by atoms with E-state index < -0.39 is 0 Å². The minimum atomic E-state index is -0.380. The molecule has 0 radical (unpaired) electrons. The van der Waals surface area contributed by atoms with E-state index in [-0.39, 0.29) is 24.2 Å². The number of anilines is 2. The summed E-state index contributed by atoms with van der Waals surface area (Å²) in [6.45, 7) is 0.983. The third-order valence-electron chi connectivity index (χ3n) is 6.20. The number of nitriles is 1. The molecule has 0 aliphatic carbocycles. The number of nitrogens with zero attached hydrogens (tertiary/aromatic N) is 4. The Kier molecular flexibility index (Phi) is 5.16. The Balaban J connectivity index is 1.31. The van der Waals surface area contributed by atoms with Crippen LogP contribution in [-0.2, 0) is 22.4 Å². The molecule has 0 unspecified atom stereocenters. The van der Waals surface area contributed by atoms with Crippen LogP contribution < -0.4 is 9.80 Å². The highest BCUT2D eigenvalue weighted by molar-refractivity contribution is 6.05. The molecule has 2 amide bonds. The summed E-state index contributed by atoms with van der Waals surface area (Å²) in [6, 6.07) is 19.3. The van der Waals surface area contributed by atoms with E-state index in [9.17, 15) is 9.59 Å². The third kappa shape index (κ3) is 3.74. The highest BCUT2D eigenvalue weighted by Gasteiger charge is 2.39. The van der Waals surface area contributed by atoms with Crippen LogP contribution in [0.5, 0.6) is 0 Å². The molecule has 6 nitrogen and oxygen atoms in total. The fourth-order valence-electron chi connectivity index (χ4n) is 4.62. The molecule has 0 N–H and O–H groups in total. The molecule has 32 heavy (non-hydrogen) atoms. The average Bonchev–Trinajstić information content (AvgIpc) is 3.42. The third-order valence-corrected chi connectivity index (χ3v) is 6.20. The maximum Gasteiger partial charge on any atom is 0.232 e. The number of carbonyl (C=O) groups excluding carboxylic acids is 2. The van der Waals surface area contributed by atoms with Gasteiger partial charge in [-0.2, -0.15) is 5.26 Å². The van der Waals surface area contributed by atoms with Gasteiger partial charge in [-0.3, -0.25) is 14.6 Å². The molecule has 0 bridgehead atoms. The second-order valence-electron chi connectivity index (χ2n) is 8.31. The second kappa shape index (κ2) is 8.27. The lowest BCUT2D eigenvalue weighted by atomic mass is 10.0. The first-order chi connectivity index (χ1) is 15.6. The maximum atomic E-state index is 13.3. The van der Waals surface area contributed by atoms with Crippen LogP contribution in [0.25, 0.3) is 0 Å². The Labute approximate surface area is 186 Å². The Morgan fingerprint density at radius 3 is 2.84 bits per heavy atom. The molecule has 3 aromatic rings. The molecule has 1 atom stereocenters. The summed E-state index contributed by atoms with van der Waals surface area (Å²) in [5, 5.41) is 9.13. The van der Waals surface area contributed by atoms with E-state index in [1.807, 2.05) is 23.2 Å². The van der Waals surface area contributed by atoms with Crippen molar-refractivity contribution in [3.63, 3.8) is 0 Å². The maximum absolute atomic E-state index is 13.3. The molecular weight excluding hydrogens is 400 g/mol. The van der Waals surface area contributed by atoms with Crippen molar-refractivity contribution in [2.45, 2.75) is 19.3 Å². The zero-order chi connectivity index (χ0) is 22.1. The first-order valence-corrected chi connectivity index (χ1v) is 10.7. The average molecular weight is 422 g/mol. The van der Waals surface area contributed by atoms with Gasteiger partial charge < -0.3 is 9.80 Å². The molecule has 3 heterocycles. The number of benzene rings is 2. The number of pyridine rings is 1. The van der Waals surface area contributed by atoms with Gasteiger partial charge in [0.15, 0.2) is 0 Å². The first kappa shape index (κ1) is 20.0. The summed E-state index contributed by atoms with van der Waals surface area (Å²) < 4.78 is 0. The highest BCUT2D eigenvalue weighted by Crippen LogP contribution is 2.33. The summed E-state index contributed by atoms with van der Waals surface area (Å²) in [5.74, 6) is -0.463. The predicted octanol–water partition coefficient (Wildman–Crippen LogP) is 3.49. The van der Waals surface area contributed by atoms with Gasteiger partial charge in [0, 0.05) is 43.3 Å². The molecule has 1 fully saturated rings. The minimum Gasteiger partial charge on any atom is -0.312 e. The number of rotatable bonds is 4. The lowest BCUT2D eigenvalue weighted by Gasteiger charge is -2.22. The van der Waals surface area contributed by atoms with E-state index in [1.165, 1.54) is 11.1 Å². The number of hydrogen-bond donors (Lipinski definition) is 0. The molecule has 0 saturated carbocycles. The van der Waals surface area contributed by atoms with Gasteiger partial charge in [-0.25, -0.2) is 0 Å². The lowest BCUT2D eigenvalue weighted by Crippen LogP contribution is -2.36. The van der Waals surface area contributed by atoms with Crippen LogP contribution in [0.4, 0.5) is 11.4 Å². The summed E-state index contributed by atoms with van der Waals surface area (Å²) in [5.41, 5.74) is 5.64. The van der Waals surface area contributed by atoms with Crippen molar-refractivity contribution in [2.24, 2.45) is 5.92 Å². The monoisotopic (exact) mass is 422 g/mol. The topological polar surface area (TPSA) is 77.3 Å². The fraction of sp³-hybridized carbons (Fsp3) is 0.231. The van der Waals surface area contributed by atoms with Crippen LogP contribution in [0.15, 0.2) is 67.0 Å². The molecular formula is C26H22N4O2. The lowest BCUT2D eigenvalue weighted by molar-refractivity contribution is -0.124. The normalized spacial score (nSPS) is 17.3. The van der Waals surface area contributed by atoms with E-state index in [2.05, 4.69) is 29.3 Å². The van der Waals surface area contributed by atoms with Crippen molar-refractivity contribution in [1.29, 1.82) is 5.26 Å². The minimum absolute atomic E-state index is 0.00366. The Morgan fingerprint density at radius 2 is 2.03 bits per heavy atom. The Morgan fingerprint density at radius 1 is 1.12 bits per heavy atom. The van der Waals surface area contributed by atoms with Crippen LogP contribution >= 0.6 is 0 Å². The van der Waals surface area contributed by atoms with Crippen LogP contribution in [0.3, 0.4) is 0 Å². The second-order valence-corrected chi connectivity index (χ2v) is 8.31. The van der Waals surface area contributed by atoms with Gasteiger partial charge in [0.05, 0.1) is 17.6 Å². The first-order valence-electron chi connectivity index (χ1n) is 10.7. The SMILES string of the molecule is N#Cc1cccc(N2C[C@@H](C(=O)N3CCc4cc(Cc5cccnc5)ccc43)CC2=O)c1. The Bertz CT molecular complexity index is 1230. The molecule has 2 aromatic carbocycles. The number of carbonyl (C=O) groups is 2. The van der Waals surface area contributed by atoms with Crippen LogP contribution in [0, 0.1) is 17.2 Å². The molecule has 1 saturated heterocycles. The zero-order valence-corrected chi connectivity index (χ0v) is 17.6. The molecule has 0 spiro atoms. The summed E-state index contributed by atoms with van der Waals surface area (Å²) >= 11 is 0. The molecule has 1 aromatic heterocycles. The van der Waals surface area contributed by atoms with E-state index in [0.29, 0.717) is 24.3 Å². The smallest absolute Gasteiger partial charge is 0.232 e. The molecule has 158 valence electrons. The van der Waals surface area contributed by atoms with E-state index in [0.717, 1.165) is 24.1 Å². The van der Waals surface area contributed by atoms with Gasteiger partial charge >= 0.3 is 0 Å². The summed E-state index contributed by atoms with van der Waals surface area (Å²) in [4.78, 5) is 33.6. The number of aromatic nitrogens is 1. The van der Waals surface area contributed by atoms with Gasteiger partial charge in [-0.05, 0) is 59.9 Å². The van der Waals surface area contributed by atoms with Crippen molar-refractivity contribution < 1.29 is 9.59 Å². The fourth-order valence-corrected chi connectivity index (χ4v) is 4.62. The summed E-state index contributed by atoms with van der Waals surface area (Å²) in [7, 11) is 0. The van der Waals surface area contributed by atoms with Gasteiger partial charge in [-0.1, -0.05) is 24.3 Å². The van der Waals surface area contributed by atoms with E-state index >= 15 is 0 Å². The van der Waals surface area contributed by atoms with Gasteiger partial charge in [-0.15, -0.1) is 0 Å². The largest absolute Gasteiger partial charge is 0.312 e. The molecule has 6 heteroatoms. The molecule has 2 aliphatic rings. The molecule has 2 aliphatic heterocycles. The molecule has 5 rings (SSSR count). The van der Waals surface area contributed by atoms with Crippen molar-refractivity contribution in [1.82, 2.24) is 4.98 Å². The number of hydrogen-bond acceptors (Lipinski definition) is 4. The van der Waals surface area contributed by atoms with Gasteiger partial charge in [0.25, 0.3) is 0 Å². The highest BCUT2D eigenvalue weighted by atomic mass is 16.2. The Hall–Kier alpha value is -3.98. The van der Waals surface area contributed by atoms with Gasteiger partial charge in [0.1, 0.15) is 0 Å². The van der Waals surface area contributed by atoms with Crippen molar-refractivity contribution >= 4 is 23.2 Å².